The van der Waals surface area contributed by atoms with Crippen molar-refractivity contribution >= 4 is 17.7 Å². The van der Waals surface area contributed by atoms with Gasteiger partial charge in [0.1, 0.15) is 5.41 Å². The van der Waals surface area contributed by atoms with Crippen LogP contribution in [0.5, 0.6) is 0 Å². The molecule has 1 rings (SSSR count). The second kappa shape index (κ2) is 6.47. The predicted octanol–water partition coefficient (Wildman–Crippen LogP) is 3.11. The minimum absolute atomic E-state index is 0.119. The van der Waals surface area contributed by atoms with Gasteiger partial charge in [-0.05, 0) is 32.4 Å². The van der Waals surface area contributed by atoms with Gasteiger partial charge in [0.15, 0.2) is 0 Å². The normalized spacial score (nSPS) is 21.7. The first-order valence-corrected chi connectivity index (χ1v) is 7.99. The van der Waals surface area contributed by atoms with Crippen LogP contribution >= 0.6 is 11.8 Å². The van der Waals surface area contributed by atoms with E-state index < -0.39 is 5.41 Å². The summed E-state index contributed by atoms with van der Waals surface area (Å²) in [4.78, 5) is 12.1. The van der Waals surface area contributed by atoms with E-state index in [1.807, 2.05) is 18.7 Å². The second-order valence-electron chi connectivity index (χ2n) is 5.43. The third-order valence-electron chi connectivity index (χ3n) is 4.22. The minimum atomic E-state index is -0.881. The summed E-state index contributed by atoms with van der Waals surface area (Å²) in [5, 5.41) is 12.1. The molecule has 1 saturated carbocycles. The van der Waals surface area contributed by atoms with Crippen LogP contribution < -0.4 is 5.32 Å². The number of amides is 1. The van der Waals surface area contributed by atoms with Crippen LogP contribution in [0.2, 0.25) is 0 Å². The maximum Gasteiger partial charge on any atom is 0.240 e. The number of hydrogen-bond acceptors (Lipinski definition) is 3. The monoisotopic (exact) mass is 268 g/mol. The van der Waals surface area contributed by atoms with Gasteiger partial charge in [-0.2, -0.15) is 17.0 Å². The molecule has 1 unspecified atom stereocenters. The summed E-state index contributed by atoms with van der Waals surface area (Å²) in [6.45, 7) is 4.30. The van der Waals surface area contributed by atoms with E-state index in [-0.39, 0.29) is 10.7 Å². The number of carbonyl (C=O) groups excluding carboxylic acids is 1. The molecule has 1 atom stereocenters. The van der Waals surface area contributed by atoms with Gasteiger partial charge in [0.05, 0.1) is 6.07 Å². The van der Waals surface area contributed by atoms with Gasteiger partial charge in [-0.3, -0.25) is 4.79 Å². The average Bonchev–Trinajstić information content (AvgIpc) is 2.44. The molecule has 3 nitrogen and oxygen atoms in total. The third kappa shape index (κ3) is 3.41. The first kappa shape index (κ1) is 15.4. The van der Waals surface area contributed by atoms with Gasteiger partial charge in [0, 0.05) is 11.3 Å². The molecule has 1 aliphatic rings. The Labute approximate surface area is 115 Å². The van der Waals surface area contributed by atoms with Crippen molar-refractivity contribution < 1.29 is 4.79 Å². The summed E-state index contributed by atoms with van der Waals surface area (Å²) in [6.07, 6.45) is 8.83. The van der Waals surface area contributed by atoms with Crippen molar-refractivity contribution in [3.8, 4) is 6.07 Å². The molecular formula is C14H24N2OS. The van der Waals surface area contributed by atoms with Crippen LogP contribution in [-0.4, -0.2) is 23.5 Å². The highest BCUT2D eigenvalue weighted by Crippen LogP contribution is 2.38. The fraction of sp³-hybridized carbons (Fsp3) is 0.857. The maximum absolute atomic E-state index is 12.1. The molecule has 1 N–H and O–H groups in total. The van der Waals surface area contributed by atoms with Crippen LogP contribution in [-0.2, 0) is 4.79 Å². The lowest BCUT2D eigenvalue weighted by atomic mass is 9.86. The molecule has 0 aromatic rings. The van der Waals surface area contributed by atoms with Crippen molar-refractivity contribution in [2.75, 3.05) is 12.8 Å². The molecule has 18 heavy (non-hydrogen) atoms. The number of nitriles is 1. The van der Waals surface area contributed by atoms with Crippen molar-refractivity contribution in [1.82, 2.24) is 5.32 Å². The molecule has 0 spiro atoms. The number of nitrogens with one attached hydrogen (secondary N) is 1. The van der Waals surface area contributed by atoms with Crippen molar-refractivity contribution in [1.29, 1.82) is 5.26 Å². The number of hydrogen-bond donors (Lipinski definition) is 1. The zero-order chi connectivity index (χ0) is 13.6. The minimum Gasteiger partial charge on any atom is -0.353 e. The lowest BCUT2D eigenvalue weighted by Gasteiger charge is -2.36. The van der Waals surface area contributed by atoms with Crippen LogP contribution in [0.25, 0.3) is 0 Å². The largest absolute Gasteiger partial charge is 0.353 e. The van der Waals surface area contributed by atoms with E-state index in [4.69, 9.17) is 5.26 Å². The molecule has 1 aliphatic carbocycles. The van der Waals surface area contributed by atoms with E-state index in [0.717, 1.165) is 0 Å². The van der Waals surface area contributed by atoms with Gasteiger partial charge < -0.3 is 5.32 Å². The molecule has 1 fully saturated rings. The van der Waals surface area contributed by atoms with E-state index in [9.17, 15) is 4.79 Å². The Hall–Kier alpha value is -0.690. The van der Waals surface area contributed by atoms with Crippen molar-refractivity contribution in [3.05, 3.63) is 0 Å². The molecule has 0 radical (unpaired) electrons. The Morgan fingerprint density at radius 3 is 2.50 bits per heavy atom. The molecule has 0 aromatic carbocycles. The highest BCUT2D eigenvalue weighted by molar-refractivity contribution is 8.00. The van der Waals surface area contributed by atoms with Gasteiger partial charge >= 0.3 is 0 Å². The Morgan fingerprint density at radius 1 is 1.44 bits per heavy atom. The molecule has 0 aromatic heterocycles. The fourth-order valence-corrected chi connectivity index (χ4v) is 3.29. The number of nitrogens with zero attached hydrogens (tertiary/aromatic N) is 1. The number of rotatable bonds is 5. The van der Waals surface area contributed by atoms with E-state index in [1.54, 1.807) is 6.92 Å². The van der Waals surface area contributed by atoms with Gasteiger partial charge in [0.2, 0.25) is 5.91 Å². The standard InChI is InChI=1S/C14H24N2OS/c1-4-13(2,10-15)12(17)16-11-14(18-3)8-6-5-7-9-14/h4-9,11H2,1-3H3,(H,16,17). The second-order valence-corrected chi connectivity index (χ2v) is 6.70. The summed E-state index contributed by atoms with van der Waals surface area (Å²) in [6, 6.07) is 2.13. The molecule has 1 amide bonds. The fourth-order valence-electron chi connectivity index (χ4n) is 2.38. The highest BCUT2D eigenvalue weighted by atomic mass is 32.2. The van der Waals surface area contributed by atoms with Crippen LogP contribution in [0.1, 0.15) is 52.4 Å². The molecule has 4 heteroatoms. The molecule has 0 saturated heterocycles. The Bertz CT molecular complexity index is 331. The van der Waals surface area contributed by atoms with Gasteiger partial charge in [-0.25, -0.2) is 0 Å². The van der Waals surface area contributed by atoms with Crippen LogP contribution in [0, 0.1) is 16.7 Å². The zero-order valence-electron chi connectivity index (χ0n) is 11.7. The van der Waals surface area contributed by atoms with Crippen molar-refractivity contribution in [3.63, 3.8) is 0 Å². The first-order valence-electron chi connectivity index (χ1n) is 6.76. The lowest BCUT2D eigenvalue weighted by Crippen LogP contribution is -2.46. The lowest BCUT2D eigenvalue weighted by molar-refractivity contribution is -0.127. The van der Waals surface area contributed by atoms with Crippen molar-refractivity contribution in [2.24, 2.45) is 5.41 Å². The van der Waals surface area contributed by atoms with E-state index in [1.165, 1.54) is 32.1 Å². The number of carbonyl (C=O) groups is 1. The Balaban J connectivity index is 2.58. The van der Waals surface area contributed by atoms with E-state index in [2.05, 4.69) is 17.6 Å². The summed E-state index contributed by atoms with van der Waals surface area (Å²) < 4.78 is 0.192. The van der Waals surface area contributed by atoms with E-state index in [0.29, 0.717) is 13.0 Å². The quantitative estimate of drug-likeness (QED) is 0.833. The molecule has 0 bridgehead atoms. The first-order chi connectivity index (χ1) is 8.52. The smallest absolute Gasteiger partial charge is 0.240 e. The molecule has 0 heterocycles. The van der Waals surface area contributed by atoms with Crippen LogP contribution in [0.3, 0.4) is 0 Å². The van der Waals surface area contributed by atoms with Crippen LogP contribution in [0.15, 0.2) is 0 Å². The molecule has 0 aliphatic heterocycles. The summed E-state index contributed by atoms with van der Waals surface area (Å²) in [5.41, 5.74) is -0.881. The summed E-state index contributed by atoms with van der Waals surface area (Å²) >= 11 is 1.86. The van der Waals surface area contributed by atoms with E-state index >= 15 is 0 Å². The summed E-state index contributed by atoms with van der Waals surface area (Å²) in [7, 11) is 0. The Morgan fingerprint density at radius 2 is 2.06 bits per heavy atom. The topological polar surface area (TPSA) is 52.9 Å². The molecular weight excluding hydrogens is 244 g/mol. The summed E-state index contributed by atoms with van der Waals surface area (Å²) in [5.74, 6) is -0.119. The molecule has 102 valence electrons. The van der Waals surface area contributed by atoms with Gasteiger partial charge in [-0.15, -0.1) is 0 Å². The van der Waals surface area contributed by atoms with Gasteiger partial charge in [0.25, 0.3) is 0 Å². The van der Waals surface area contributed by atoms with Gasteiger partial charge in [-0.1, -0.05) is 26.2 Å². The average molecular weight is 268 g/mol. The van der Waals surface area contributed by atoms with Crippen molar-refractivity contribution in [2.45, 2.75) is 57.1 Å². The number of thioether (sulfide) groups is 1. The Kier molecular flexibility index (Phi) is 5.52. The predicted molar refractivity (Wildman–Crippen MR) is 76.4 cm³/mol. The zero-order valence-corrected chi connectivity index (χ0v) is 12.5. The highest BCUT2D eigenvalue weighted by Gasteiger charge is 2.35. The maximum atomic E-state index is 12.1. The SMILES string of the molecule is CCC(C)(C#N)C(=O)NCC1(SC)CCCCC1. The van der Waals surface area contributed by atoms with Crippen LogP contribution in [0.4, 0.5) is 0 Å². The third-order valence-corrected chi connectivity index (χ3v) is 5.64.